The normalized spacial score (nSPS) is 18.1. The van der Waals surface area contributed by atoms with Crippen molar-refractivity contribution in [3.05, 3.63) is 46.5 Å². The summed E-state index contributed by atoms with van der Waals surface area (Å²) in [6.07, 6.45) is 5.65. The molecule has 1 spiro atoms. The zero-order chi connectivity index (χ0) is 22.2. The third kappa shape index (κ3) is 4.38. The molecule has 166 valence electrons. The van der Waals surface area contributed by atoms with Crippen molar-refractivity contribution in [1.29, 1.82) is 0 Å². The molecule has 7 heteroatoms. The van der Waals surface area contributed by atoms with Crippen molar-refractivity contribution in [3.63, 3.8) is 0 Å². The van der Waals surface area contributed by atoms with Crippen LogP contribution < -0.4 is 5.32 Å². The fourth-order valence-corrected chi connectivity index (χ4v) is 5.58. The van der Waals surface area contributed by atoms with E-state index in [9.17, 15) is 9.59 Å². The van der Waals surface area contributed by atoms with E-state index in [0.29, 0.717) is 16.9 Å². The lowest BCUT2D eigenvalue weighted by molar-refractivity contribution is 0.00860. The predicted octanol–water partition coefficient (Wildman–Crippen LogP) is 4.53. The maximum absolute atomic E-state index is 12.8. The lowest BCUT2D eigenvalue weighted by Crippen LogP contribution is -2.55. The maximum atomic E-state index is 12.8. The highest BCUT2D eigenvalue weighted by Gasteiger charge is 2.47. The summed E-state index contributed by atoms with van der Waals surface area (Å²) in [7, 11) is 0. The van der Waals surface area contributed by atoms with Gasteiger partial charge in [-0.25, -0.2) is 4.98 Å². The highest BCUT2D eigenvalue weighted by atomic mass is 32.2. The molecule has 4 rings (SSSR count). The average molecular weight is 442 g/mol. The molecule has 2 amide bonds. The molecule has 1 aliphatic heterocycles. The van der Waals surface area contributed by atoms with Crippen molar-refractivity contribution in [2.24, 2.45) is 5.41 Å². The number of hydrogen-bond donors (Lipinski definition) is 1. The van der Waals surface area contributed by atoms with Crippen LogP contribution in [0.15, 0.2) is 27.8 Å². The van der Waals surface area contributed by atoms with Gasteiger partial charge in [0.2, 0.25) is 0 Å². The zero-order valence-corrected chi connectivity index (χ0v) is 19.6. The number of nitrogens with one attached hydrogen (secondary N) is 1. The number of carbonyl (C=O) groups is 2. The molecule has 2 aliphatic rings. The minimum absolute atomic E-state index is 0.0310. The second-order valence-corrected chi connectivity index (χ2v) is 10.2. The first kappa shape index (κ1) is 21.9. The molecule has 2 aromatic heterocycles. The summed E-state index contributed by atoms with van der Waals surface area (Å²) in [5.41, 5.74) is 2.52. The second-order valence-electron chi connectivity index (χ2n) is 8.90. The van der Waals surface area contributed by atoms with E-state index in [1.165, 1.54) is 0 Å². The number of amides is 2. The van der Waals surface area contributed by atoms with Gasteiger partial charge in [0.05, 0.1) is 16.2 Å². The van der Waals surface area contributed by atoms with Crippen LogP contribution in [0.3, 0.4) is 0 Å². The van der Waals surface area contributed by atoms with Gasteiger partial charge >= 0.3 is 0 Å². The number of furan rings is 1. The number of aromatic nitrogens is 1. The summed E-state index contributed by atoms with van der Waals surface area (Å²) >= 11 is 1.68. The van der Waals surface area contributed by atoms with Gasteiger partial charge in [-0.1, -0.05) is 6.92 Å². The molecular formula is C24H31N3O3S. The van der Waals surface area contributed by atoms with Crippen LogP contribution in [0.4, 0.5) is 0 Å². The molecule has 1 saturated heterocycles. The molecule has 6 nitrogen and oxygen atoms in total. The molecule has 31 heavy (non-hydrogen) atoms. The smallest absolute Gasteiger partial charge is 0.255 e. The van der Waals surface area contributed by atoms with Crippen molar-refractivity contribution in [1.82, 2.24) is 15.2 Å². The Balaban J connectivity index is 1.28. The van der Waals surface area contributed by atoms with Gasteiger partial charge in [-0.15, -0.1) is 11.8 Å². The molecule has 1 saturated carbocycles. The predicted molar refractivity (Wildman–Crippen MR) is 122 cm³/mol. The topological polar surface area (TPSA) is 75.4 Å². The first-order chi connectivity index (χ1) is 14.8. The number of carbonyl (C=O) groups excluding carboxylic acids is 2. The fourth-order valence-electron chi connectivity index (χ4n) is 4.99. The fraction of sp³-hybridized carbons (Fsp3) is 0.542. The van der Waals surface area contributed by atoms with E-state index in [2.05, 4.69) is 17.2 Å². The number of thioether (sulfide) groups is 1. The van der Waals surface area contributed by atoms with Crippen molar-refractivity contribution in [3.8, 4) is 0 Å². The van der Waals surface area contributed by atoms with Crippen molar-refractivity contribution in [2.75, 3.05) is 18.8 Å². The van der Waals surface area contributed by atoms with E-state index < -0.39 is 0 Å². The molecule has 1 N–H and O–H groups in total. The van der Waals surface area contributed by atoms with Crippen LogP contribution in [0.5, 0.6) is 0 Å². The van der Waals surface area contributed by atoms with E-state index >= 15 is 0 Å². The van der Waals surface area contributed by atoms with E-state index in [4.69, 9.17) is 4.42 Å². The molecule has 2 aromatic rings. The standard InChI is InChI=1S/C24H31N3O3S/c1-5-31-20-7-6-18(14-25-20)23(29)27-10-8-24(9-11-27)12-19(13-24)26-22(28)21-15(2)16(3)30-17(21)4/h6-7,14,19H,5,8-13H2,1-4H3,(H,26,28). The van der Waals surface area contributed by atoms with Gasteiger partial charge in [0.15, 0.2) is 0 Å². The molecule has 0 radical (unpaired) electrons. The first-order valence-electron chi connectivity index (χ1n) is 11.1. The Morgan fingerprint density at radius 1 is 1.19 bits per heavy atom. The lowest BCUT2D eigenvalue weighted by atomic mass is 9.60. The summed E-state index contributed by atoms with van der Waals surface area (Å²) in [4.78, 5) is 31.9. The highest BCUT2D eigenvalue weighted by Crippen LogP contribution is 2.49. The van der Waals surface area contributed by atoms with Crippen LogP contribution in [-0.2, 0) is 0 Å². The van der Waals surface area contributed by atoms with Gasteiger partial charge in [-0.2, -0.15) is 0 Å². The molecule has 1 aliphatic carbocycles. The number of piperidine rings is 1. The van der Waals surface area contributed by atoms with Crippen molar-refractivity contribution in [2.45, 2.75) is 64.4 Å². The Morgan fingerprint density at radius 2 is 1.90 bits per heavy atom. The van der Waals surface area contributed by atoms with E-state index in [0.717, 1.165) is 60.9 Å². The number of hydrogen-bond acceptors (Lipinski definition) is 5. The second kappa shape index (κ2) is 8.69. The van der Waals surface area contributed by atoms with Gasteiger partial charge in [0, 0.05) is 30.9 Å². The van der Waals surface area contributed by atoms with Gasteiger partial charge in [-0.3, -0.25) is 9.59 Å². The Morgan fingerprint density at radius 3 is 2.45 bits per heavy atom. The summed E-state index contributed by atoms with van der Waals surface area (Å²) in [6, 6.07) is 4.02. The van der Waals surface area contributed by atoms with E-state index in [1.807, 2.05) is 37.8 Å². The molecule has 0 aromatic carbocycles. The molecule has 0 unspecified atom stereocenters. The molecule has 0 bridgehead atoms. The van der Waals surface area contributed by atoms with Gasteiger partial charge in [0.25, 0.3) is 11.8 Å². The third-order valence-corrected chi connectivity index (χ3v) is 7.70. The minimum Gasteiger partial charge on any atom is -0.466 e. The Bertz CT molecular complexity index is 967. The largest absolute Gasteiger partial charge is 0.466 e. The number of aryl methyl sites for hydroxylation is 2. The highest BCUT2D eigenvalue weighted by molar-refractivity contribution is 7.99. The molecule has 3 heterocycles. The SMILES string of the molecule is CCSc1ccc(C(=O)N2CCC3(CC2)CC(NC(=O)c2c(C)oc(C)c2C)C3)cn1. The molecule has 2 fully saturated rings. The first-order valence-corrected chi connectivity index (χ1v) is 12.1. The Kier molecular flexibility index (Phi) is 6.15. The minimum atomic E-state index is -0.0310. The monoisotopic (exact) mass is 441 g/mol. The van der Waals surface area contributed by atoms with Crippen molar-refractivity contribution >= 4 is 23.6 Å². The average Bonchev–Trinajstić information content (AvgIpc) is 2.99. The summed E-state index contributed by atoms with van der Waals surface area (Å²) in [5.74, 6) is 2.50. The number of pyridine rings is 1. The lowest BCUT2D eigenvalue weighted by Gasteiger charge is -2.52. The quantitative estimate of drug-likeness (QED) is 0.690. The van der Waals surface area contributed by atoms with Gasteiger partial charge in [-0.05, 0) is 69.8 Å². The zero-order valence-electron chi connectivity index (χ0n) is 18.8. The van der Waals surface area contributed by atoms with Crippen LogP contribution in [0.1, 0.15) is 70.4 Å². The molecule has 0 atom stereocenters. The van der Waals surface area contributed by atoms with Crippen LogP contribution in [0.2, 0.25) is 0 Å². The summed E-state index contributed by atoms with van der Waals surface area (Å²) in [6.45, 7) is 9.29. The van der Waals surface area contributed by atoms with E-state index in [-0.39, 0.29) is 23.3 Å². The van der Waals surface area contributed by atoms with E-state index in [1.54, 1.807) is 18.0 Å². The number of likely N-dealkylation sites (tertiary alicyclic amines) is 1. The number of rotatable bonds is 5. The number of nitrogens with zero attached hydrogens (tertiary/aromatic N) is 2. The third-order valence-electron chi connectivity index (χ3n) is 6.87. The summed E-state index contributed by atoms with van der Waals surface area (Å²) < 4.78 is 5.59. The molecular weight excluding hydrogens is 410 g/mol. The van der Waals surface area contributed by atoms with Crippen molar-refractivity contribution < 1.29 is 14.0 Å². The Labute approximate surface area is 188 Å². The van der Waals surface area contributed by atoms with Gasteiger partial charge < -0.3 is 14.6 Å². The van der Waals surface area contributed by atoms with Crippen LogP contribution >= 0.6 is 11.8 Å². The van der Waals surface area contributed by atoms with Crippen LogP contribution in [-0.4, -0.2) is 46.6 Å². The van der Waals surface area contributed by atoms with Gasteiger partial charge in [0.1, 0.15) is 11.5 Å². The maximum Gasteiger partial charge on any atom is 0.255 e. The summed E-state index contributed by atoms with van der Waals surface area (Å²) in [5, 5.41) is 4.14. The van der Waals surface area contributed by atoms with Crippen LogP contribution in [0, 0.1) is 26.2 Å². The van der Waals surface area contributed by atoms with Crippen LogP contribution in [0.25, 0.3) is 0 Å². The Hall–Kier alpha value is -2.28.